The van der Waals surface area contributed by atoms with E-state index in [9.17, 15) is 19.8 Å². The molecular weight excluding hydrogens is 531 g/mol. The van der Waals surface area contributed by atoms with E-state index in [0.29, 0.717) is 21.7 Å². The number of esters is 1. The molecule has 0 saturated carbocycles. The summed E-state index contributed by atoms with van der Waals surface area (Å²) in [4.78, 5) is 36.7. The number of hydrogen-bond acceptors (Lipinski definition) is 11. The molecule has 3 aromatic rings. The molecule has 1 fully saturated rings. The third-order valence-corrected chi connectivity index (χ3v) is 6.64. The zero-order chi connectivity index (χ0) is 26.3. The van der Waals surface area contributed by atoms with Gasteiger partial charge in [0.15, 0.2) is 24.3 Å². The van der Waals surface area contributed by atoms with Crippen molar-refractivity contribution in [1.29, 1.82) is 0 Å². The highest BCUT2D eigenvalue weighted by Gasteiger charge is 2.44. The fraction of sp³-hybridized carbons (Fsp3) is 0.318. The standard InChI is InChI=1S/C22H20Cl2N6O7/c23-10-2-1-9(3-11(10)24)15-13(5-36-22(15)34)35-6-14(31)26-4-12-17(32)18(33)21(37-12)30-8-29-16-19(25)27-7-28-20(16)30/h1-3,7-8,12,17-18,21,32-33H,4-6H2,(H,26,31)(H2,25,27,28)/t12-,17-,18-,21-/m1/s1. The molecule has 194 valence electrons. The lowest BCUT2D eigenvalue weighted by Gasteiger charge is -2.16. The van der Waals surface area contributed by atoms with Gasteiger partial charge in [0, 0.05) is 6.54 Å². The smallest absolute Gasteiger partial charge is 0.342 e. The Hall–Kier alpha value is -3.49. The molecule has 4 heterocycles. The van der Waals surface area contributed by atoms with E-state index in [1.165, 1.54) is 29.4 Å². The van der Waals surface area contributed by atoms with Crippen LogP contribution in [-0.4, -0.2) is 79.7 Å². The number of aliphatic hydroxyl groups excluding tert-OH is 2. The Labute approximate surface area is 218 Å². The Balaban J connectivity index is 1.20. The number of ether oxygens (including phenoxy) is 3. The zero-order valence-corrected chi connectivity index (χ0v) is 20.4. The number of nitrogen functional groups attached to an aromatic ring is 1. The molecule has 0 bridgehead atoms. The maximum absolute atomic E-state index is 12.4. The molecule has 1 saturated heterocycles. The van der Waals surface area contributed by atoms with E-state index in [0.717, 1.165) is 0 Å². The Kier molecular flexibility index (Phi) is 6.88. The van der Waals surface area contributed by atoms with Gasteiger partial charge in [-0.05, 0) is 17.7 Å². The van der Waals surface area contributed by atoms with Crippen molar-refractivity contribution in [2.24, 2.45) is 0 Å². The van der Waals surface area contributed by atoms with E-state index >= 15 is 0 Å². The van der Waals surface area contributed by atoms with Crippen molar-refractivity contribution in [3.63, 3.8) is 0 Å². The quantitative estimate of drug-likeness (QED) is 0.299. The number of aliphatic hydroxyl groups is 2. The topological polar surface area (TPSA) is 184 Å². The van der Waals surface area contributed by atoms with Crippen LogP contribution in [0, 0.1) is 0 Å². The molecular formula is C22H20Cl2N6O7. The van der Waals surface area contributed by atoms with Crippen LogP contribution in [0.1, 0.15) is 11.8 Å². The van der Waals surface area contributed by atoms with E-state index in [1.807, 2.05) is 0 Å². The van der Waals surface area contributed by atoms with Crippen molar-refractivity contribution in [1.82, 2.24) is 24.8 Å². The first-order valence-corrected chi connectivity index (χ1v) is 11.7. The molecule has 37 heavy (non-hydrogen) atoms. The fourth-order valence-corrected chi connectivity index (χ4v) is 4.33. The van der Waals surface area contributed by atoms with Crippen LogP contribution in [0.25, 0.3) is 16.7 Å². The summed E-state index contributed by atoms with van der Waals surface area (Å²) in [6, 6.07) is 4.62. The minimum atomic E-state index is -1.33. The molecule has 15 heteroatoms. The highest BCUT2D eigenvalue weighted by Crippen LogP contribution is 2.33. The predicted octanol–water partition coefficient (Wildman–Crippen LogP) is 0.435. The number of nitrogens with two attached hydrogens (primary N) is 1. The average molecular weight is 551 g/mol. The van der Waals surface area contributed by atoms with Gasteiger partial charge in [-0.15, -0.1) is 0 Å². The number of rotatable bonds is 7. The summed E-state index contributed by atoms with van der Waals surface area (Å²) in [5, 5.41) is 24.2. The lowest BCUT2D eigenvalue weighted by Crippen LogP contribution is -2.40. The van der Waals surface area contributed by atoms with Crippen LogP contribution >= 0.6 is 23.2 Å². The van der Waals surface area contributed by atoms with Gasteiger partial charge in [0.05, 0.1) is 16.4 Å². The number of fused-ring (bicyclic) bond motifs is 1. The Morgan fingerprint density at radius 1 is 1.22 bits per heavy atom. The van der Waals surface area contributed by atoms with Crippen molar-refractivity contribution in [2.45, 2.75) is 24.5 Å². The maximum Gasteiger partial charge on any atom is 0.342 e. The second kappa shape index (κ2) is 10.1. The van der Waals surface area contributed by atoms with Gasteiger partial charge >= 0.3 is 5.97 Å². The summed E-state index contributed by atoms with van der Waals surface area (Å²) in [6.45, 7) is -0.713. The molecule has 2 aliphatic heterocycles. The third kappa shape index (κ3) is 4.79. The number of halogens is 2. The van der Waals surface area contributed by atoms with Gasteiger partial charge in [-0.1, -0.05) is 29.3 Å². The van der Waals surface area contributed by atoms with Crippen LogP contribution in [0.5, 0.6) is 0 Å². The van der Waals surface area contributed by atoms with Crippen LogP contribution in [-0.2, 0) is 23.8 Å². The highest BCUT2D eigenvalue weighted by atomic mass is 35.5. The van der Waals surface area contributed by atoms with Crippen LogP contribution < -0.4 is 11.1 Å². The van der Waals surface area contributed by atoms with Crippen molar-refractivity contribution in [2.75, 3.05) is 25.5 Å². The number of amides is 1. The van der Waals surface area contributed by atoms with Gasteiger partial charge < -0.3 is 35.5 Å². The average Bonchev–Trinajstić information content (AvgIpc) is 3.55. The summed E-state index contributed by atoms with van der Waals surface area (Å²) in [5.41, 5.74) is 7.02. The SMILES string of the molecule is Nc1ncnc2c1ncn2[C@@H]1O[C@H](CNC(=O)COC2=C(c3ccc(Cl)c(Cl)c3)C(=O)OC2)[C@@H](O)[C@H]1O. The number of carbonyl (C=O) groups is 2. The molecule has 0 aliphatic carbocycles. The Morgan fingerprint density at radius 2 is 2.03 bits per heavy atom. The Bertz CT molecular complexity index is 1410. The summed E-state index contributed by atoms with van der Waals surface area (Å²) in [5.74, 6) is -0.843. The van der Waals surface area contributed by atoms with E-state index in [1.54, 1.807) is 6.07 Å². The normalized spacial score (nSPS) is 23.5. The zero-order valence-electron chi connectivity index (χ0n) is 18.9. The van der Waals surface area contributed by atoms with E-state index < -0.39 is 43.0 Å². The number of cyclic esters (lactones) is 1. The third-order valence-electron chi connectivity index (χ3n) is 5.90. The number of nitrogens with zero attached hydrogens (tertiary/aromatic N) is 4. The molecule has 2 aliphatic rings. The number of carbonyl (C=O) groups excluding carboxylic acids is 2. The van der Waals surface area contributed by atoms with Crippen molar-refractivity contribution in [3.05, 3.63) is 52.2 Å². The second-order valence-electron chi connectivity index (χ2n) is 8.23. The molecule has 2 aromatic heterocycles. The molecule has 0 spiro atoms. The minimum Gasteiger partial charge on any atom is -0.484 e. The van der Waals surface area contributed by atoms with Gasteiger partial charge in [0.2, 0.25) is 0 Å². The van der Waals surface area contributed by atoms with Gasteiger partial charge in [-0.2, -0.15) is 0 Å². The van der Waals surface area contributed by atoms with E-state index in [4.69, 9.17) is 43.1 Å². The number of anilines is 1. The first-order chi connectivity index (χ1) is 17.7. The molecule has 0 unspecified atom stereocenters. The molecule has 1 aromatic carbocycles. The second-order valence-corrected chi connectivity index (χ2v) is 9.04. The first kappa shape index (κ1) is 25.2. The van der Waals surface area contributed by atoms with Gasteiger partial charge in [-0.25, -0.2) is 19.7 Å². The molecule has 5 rings (SSSR count). The van der Waals surface area contributed by atoms with Crippen molar-refractivity contribution >= 4 is 57.6 Å². The lowest BCUT2D eigenvalue weighted by molar-refractivity contribution is -0.134. The summed E-state index contributed by atoms with van der Waals surface area (Å²) < 4.78 is 17.8. The van der Waals surface area contributed by atoms with Crippen LogP contribution in [0.3, 0.4) is 0 Å². The number of aromatic nitrogens is 4. The Morgan fingerprint density at radius 3 is 2.81 bits per heavy atom. The number of imidazole rings is 1. The summed E-state index contributed by atoms with van der Waals surface area (Å²) in [6.07, 6.45) is -1.98. The summed E-state index contributed by atoms with van der Waals surface area (Å²) in [7, 11) is 0. The molecule has 5 N–H and O–H groups in total. The minimum absolute atomic E-state index is 0.130. The van der Waals surface area contributed by atoms with Crippen molar-refractivity contribution < 1.29 is 34.0 Å². The van der Waals surface area contributed by atoms with Gasteiger partial charge in [0.1, 0.15) is 48.1 Å². The number of hydrogen-bond donors (Lipinski definition) is 4. The van der Waals surface area contributed by atoms with Crippen LogP contribution in [0.4, 0.5) is 5.82 Å². The van der Waals surface area contributed by atoms with Gasteiger partial charge in [0.25, 0.3) is 5.91 Å². The monoisotopic (exact) mass is 550 g/mol. The lowest BCUT2D eigenvalue weighted by atomic mass is 10.1. The first-order valence-electron chi connectivity index (χ1n) is 10.9. The fourth-order valence-electron chi connectivity index (χ4n) is 4.04. The van der Waals surface area contributed by atoms with E-state index in [-0.39, 0.29) is 35.3 Å². The molecule has 1 amide bonds. The largest absolute Gasteiger partial charge is 0.484 e. The molecule has 13 nitrogen and oxygen atoms in total. The maximum atomic E-state index is 12.4. The molecule has 4 atom stereocenters. The summed E-state index contributed by atoms with van der Waals surface area (Å²) >= 11 is 12.0. The van der Waals surface area contributed by atoms with Crippen LogP contribution in [0.2, 0.25) is 10.0 Å². The predicted molar refractivity (Wildman–Crippen MR) is 129 cm³/mol. The number of benzene rings is 1. The highest BCUT2D eigenvalue weighted by molar-refractivity contribution is 6.42. The number of nitrogens with one attached hydrogen (secondary N) is 1. The van der Waals surface area contributed by atoms with Crippen LogP contribution in [0.15, 0.2) is 36.6 Å². The van der Waals surface area contributed by atoms with Crippen molar-refractivity contribution in [3.8, 4) is 0 Å². The van der Waals surface area contributed by atoms with Gasteiger partial charge in [-0.3, -0.25) is 9.36 Å². The van der Waals surface area contributed by atoms with E-state index in [2.05, 4.69) is 20.3 Å². The molecule has 0 radical (unpaired) electrons.